The maximum Gasteiger partial charge on any atom is 0.238 e. The van der Waals surface area contributed by atoms with Crippen LogP contribution in [0, 0.1) is 11.3 Å². The van der Waals surface area contributed by atoms with Crippen molar-refractivity contribution in [3.63, 3.8) is 0 Å². The lowest BCUT2D eigenvalue weighted by Crippen LogP contribution is -2.10. The second kappa shape index (κ2) is 6.54. The molecule has 0 bridgehead atoms. The maximum atomic E-state index is 11.5. The molecule has 112 valence electrons. The molecule has 3 aromatic rings. The number of aromatic nitrogens is 2. The number of amides is 1. The summed E-state index contributed by atoms with van der Waals surface area (Å²) in [5.41, 5.74) is 2.25. The summed E-state index contributed by atoms with van der Waals surface area (Å²) in [5.74, 6) is 0.355. The lowest BCUT2D eigenvalue weighted by Gasteiger charge is -2.10. The Morgan fingerprint density at radius 1 is 1.09 bits per heavy atom. The van der Waals surface area contributed by atoms with Crippen LogP contribution in [0.25, 0.3) is 10.9 Å². The van der Waals surface area contributed by atoms with Gasteiger partial charge in [-0.1, -0.05) is 18.2 Å². The molecule has 0 unspecified atom stereocenters. The van der Waals surface area contributed by atoms with Crippen molar-refractivity contribution in [1.29, 1.82) is 5.26 Å². The van der Waals surface area contributed by atoms with Crippen LogP contribution in [0.2, 0.25) is 0 Å². The van der Waals surface area contributed by atoms with Crippen LogP contribution in [0.4, 0.5) is 17.2 Å². The topological polar surface area (TPSA) is 90.7 Å². The molecule has 0 radical (unpaired) electrons. The third-order valence-corrected chi connectivity index (χ3v) is 3.19. The highest BCUT2D eigenvalue weighted by Crippen LogP contribution is 2.24. The molecule has 6 nitrogen and oxygen atoms in total. The first-order chi connectivity index (χ1) is 11.3. The number of nitriles is 1. The molecule has 0 aliphatic rings. The van der Waals surface area contributed by atoms with E-state index in [9.17, 15) is 4.79 Å². The van der Waals surface area contributed by atoms with Crippen molar-refractivity contribution in [2.45, 2.75) is 6.42 Å². The first-order valence-corrected chi connectivity index (χ1v) is 7.00. The van der Waals surface area contributed by atoms with Crippen molar-refractivity contribution in [1.82, 2.24) is 9.97 Å². The Hall–Kier alpha value is -3.46. The van der Waals surface area contributed by atoms with Gasteiger partial charge in [-0.3, -0.25) is 4.79 Å². The molecule has 3 rings (SSSR count). The highest BCUT2D eigenvalue weighted by atomic mass is 16.1. The summed E-state index contributed by atoms with van der Waals surface area (Å²) in [6.45, 7) is 0. The summed E-state index contributed by atoms with van der Waals surface area (Å²) in [7, 11) is 0. The minimum atomic E-state index is -0.336. The van der Waals surface area contributed by atoms with E-state index in [1.165, 1.54) is 6.33 Å². The Morgan fingerprint density at radius 3 is 2.78 bits per heavy atom. The summed E-state index contributed by atoms with van der Waals surface area (Å²) in [6.07, 6.45) is 1.33. The van der Waals surface area contributed by atoms with Crippen LogP contribution in [-0.2, 0) is 4.79 Å². The fourth-order valence-electron chi connectivity index (χ4n) is 2.19. The zero-order valence-electron chi connectivity index (χ0n) is 12.2. The molecule has 0 saturated carbocycles. The van der Waals surface area contributed by atoms with Crippen molar-refractivity contribution in [3.8, 4) is 6.07 Å². The number of fused-ring (bicyclic) bond motifs is 1. The minimum absolute atomic E-state index is 0.172. The lowest BCUT2D eigenvalue weighted by molar-refractivity contribution is -0.115. The van der Waals surface area contributed by atoms with Crippen LogP contribution < -0.4 is 10.6 Å². The van der Waals surface area contributed by atoms with E-state index in [-0.39, 0.29) is 12.3 Å². The van der Waals surface area contributed by atoms with Gasteiger partial charge in [0.25, 0.3) is 0 Å². The summed E-state index contributed by atoms with van der Waals surface area (Å²) >= 11 is 0. The number of hydrogen-bond acceptors (Lipinski definition) is 5. The number of nitrogens with zero attached hydrogens (tertiary/aromatic N) is 3. The van der Waals surface area contributed by atoms with Crippen LogP contribution in [0.5, 0.6) is 0 Å². The molecule has 0 atom stereocenters. The summed E-state index contributed by atoms with van der Waals surface area (Å²) < 4.78 is 0. The Labute approximate surface area is 132 Å². The van der Waals surface area contributed by atoms with Crippen LogP contribution in [-0.4, -0.2) is 15.9 Å². The SMILES string of the molecule is N#CCC(=O)Nc1cccc(Nc2ncnc3ccccc23)c1. The molecular formula is C17H13N5O. The molecular weight excluding hydrogens is 290 g/mol. The standard InChI is InChI=1S/C17H13N5O/c18-9-8-16(23)21-12-4-3-5-13(10-12)22-17-14-6-1-2-7-15(14)19-11-20-17/h1-7,10-11H,8H2,(H,21,23)(H,19,20,22). The number of anilines is 3. The summed E-state index contributed by atoms with van der Waals surface area (Å²) in [6, 6.07) is 16.8. The van der Waals surface area contributed by atoms with Crippen molar-refractivity contribution in [2.75, 3.05) is 10.6 Å². The van der Waals surface area contributed by atoms with Gasteiger partial charge in [-0.25, -0.2) is 9.97 Å². The van der Waals surface area contributed by atoms with E-state index in [2.05, 4.69) is 20.6 Å². The van der Waals surface area contributed by atoms with Gasteiger partial charge in [0.15, 0.2) is 0 Å². The predicted octanol–water partition coefficient (Wildman–Crippen LogP) is 3.23. The molecule has 0 spiro atoms. The summed E-state index contributed by atoms with van der Waals surface area (Å²) in [5, 5.41) is 15.3. The zero-order chi connectivity index (χ0) is 16.1. The van der Waals surface area contributed by atoms with Crippen molar-refractivity contribution >= 4 is 34.0 Å². The Kier molecular flexibility index (Phi) is 4.11. The number of nitrogens with one attached hydrogen (secondary N) is 2. The molecule has 1 amide bonds. The van der Waals surface area contributed by atoms with Crippen LogP contribution in [0.1, 0.15) is 6.42 Å². The van der Waals surface area contributed by atoms with Gasteiger partial charge in [0, 0.05) is 16.8 Å². The molecule has 0 aliphatic heterocycles. The Bertz CT molecular complexity index is 895. The van der Waals surface area contributed by atoms with Crippen molar-refractivity contribution in [2.24, 2.45) is 0 Å². The van der Waals surface area contributed by atoms with Crippen LogP contribution >= 0.6 is 0 Å². The van der Waals surface area contributed by atoms with Gasteiger partial charge in [0.1, 0.15) is 18.6 Å². The number of carbonyl (C=O) groups is 1. The van der Waals surface area contributed by atoms with Crippen molar-refractivity contribution in [3.05, 3.63) is 54.9 Å². The van der Waals surface area contributed by atoms with Gasteiger partial charge in [0.2, 0.25) is 5.91 Å². The second-order valence-electron chi connectivity index (χ2n) is 4.83. The average Bonchev–Trinajstić information content (AvgIpc) is 2.56. The first kappa shape index (κ1) is 14.5. The minimum Gasteiger partial charge on any atom is -0.340 e. The van der Waals surface area contributed by atoms with Crippen molar-refractivity contribution < 1.29 is 4.79 Å². The summed E-state index contributed by atoms with van der Waals surface area (Å²) in [4.78, 5) is 20.0. The number of rotatable bonds is 4. The third-order valence-electron chi connectivity index (χ3n) is 3.19. The smallest absolute Gasteiger partial charge is 0.238 e. The van der Waals surface area contributed by atoms with E-state index in [1.54, 1.807) is 12.1 Å². The quantitative estimate of drug-likeness (QED) is 0.772. The number of hydrogen-bond donors (Lipinski definition) is 2. The first-order valence-electron chi connectivity index (χ1n) is 7.00. The van der Waals surface area contributed by atoms with Gasteiger partial charge < -0.3 is 10.6 Å². The van der Waals surface area contributed by atoms with E-state index in [1.807, 2.05) is 42.5 Å². The number of benzene rings is 2. The zero-order valence-corrected chi connectivity index (χ0v) is 12.2. The van der Waals surface area contributed by atoms with Gasteiger partial charge in [-0.05, 0) is 30.3 Å². The molecule has 1 heterocycles. The monoisotopic (exact) mass is 303 g/mol. The predicted molar refractivity (Wildman–Crippen MR) is 88.1 cm³/mol. The normalized spacial score (nSPS) is 10.0. The van der Waals surface area contributed by atoms with Gasteiger partial charge in [-0.2, -0.15) is 5.26 Å². The van der Waals surface area contributed by atoms with E-state index in [0.29, 0.717) is 11.5 Å². The Balaban J connectivity index is 1.85. The van der Waals surface area contributed by atoms with Crippen LogP contribution in [0.3, 0.4) is 0 Å². The molecule has 0 saturated heterocycles. The third kappa shape index (κ3) is 3.41. The highest BCUT2D eigenvalue weighted by molar-refractivity contribution is 5.93. The average molecular weight is 303 g/mol. The maximum absolute atomic E-state index is 11.5. The van der Waals surface area contributed by atoms with E-state index in [4.69, 9.17) is 5.26 Å². The molecule has 1 aromatic heterocycles. The second-order valence-corrected chi connectivity index (χ2v) is 4.83. The molecule has 0 aliphatic carbocycles. The lowest BCUT2D eigenvalue weighted by atomic mass is 10.2. The van der Waals surface area contributed by atoms with Gasteiger partial charge in [-0.15, -0.1) is 0 Å². The molecule has 2 aromatic carbocycles. The molecule has 23 heavy (non-hydrogen) atoms. The van der Waals surface area contributed by atoms with E-state index < -0.39 is 0 Å². The largest absolute Gasteiger partial charge is 0.340 e. The van der Waals surface area contributed by atoms with Crippen LogP contribution in [0.15, 0.2) is 54.9 Å². The molecule has 0 fully saturated rings. The van der Waals surface area contributed by atoms with E-state index >= 15 is 0 Å². The fourth-order valence-corrected chi connectivity index (χ4v) is 2.19. The van der Waals surface area contributed by atoms with Gasteiger partial charge in [0.05, 0.1) is 11.6 Å². The highest BCUT2D eigenvalue weighted by Gasteiger charge is 2.05. The van der Waals surface area contributed by atoms with Gasteiger partial charge >= 0.3 is 0 Å². The molecule has 2 N–H and O–H groups in total. The van der Waals surface area contributed by atoms with E-state index in [0.717, 1.165) is 16.6 Å². The Morgan fingerprint density at radius 2 is 1.91 bits per heavy atom. The number of carbonyl (C=O) groups excluding carboxylic acids is 1. The fraction of sp³-hybridized carbons (Fsp3) is 0.0588. The number of para-hydroxylation sites is 1. The molecule has 6 heteroatoms.